The van der Waals surface area contributed by atoms with Crippen LogP contribution in [0.5, 0.6) is 0 Å². The Morgan fingerprint density at radius 3 is 2.67 bits per heavy atom. The van der Waals surface area contributed by atoms with Crippen molar-refractivity contribution in [3.05, 3.63) is 22.7 Å². The molecule has 0 saturated heterocycles. The normalized spacial score (nSPS) is 11.3. The van der Waals surface area contributed by atoms with Crippen molar-refractivity contribution in [2.24, 2.45) is 0 Å². The standard InChI is InChI=1S/C8H12BrN3O2S/c1-2-11-15(13,14)12-8-4-3-6(10)5-7(8)9/h3-5,11-12H,2,10H2,1H3. The van der Waals surface area contributed by atoms with Crippen LogP contribution in [0, 0.1) is 0 Å². The summed E-state index contributed by atoms with van der Waals surface area (Å²) in [7, 11) is -3.49. The number of rotatable bonds is 4. The zero-order valence-corrected chi connectivity index (χ0v) is 10.5. The molecule has 0 aromatic heterocycles. The van der Waals surface area contributed by atoms with Crippen LogP contribution < -0.4 is 15.2 Å². The van der Waals surface area contributed by atoms with Gasteiger partial charge in [0.1, 0.15) is 0 Å². The van der Waals surface area contributed by atoms with Crippen molar-refractivity contribution in [3.63, 3.8) is 0 Å². The van der Waals surface area contributed by atoms with Gasteiger partial charge in [-0.25, -0.2) is 0 Å². The molecule has 0 spiro atoms. The van der Waals surface area contributed by atoms with E-state index in [1.54, 1.807) is 25.1 Å². The first-order valence-corrected chi connectivity index (χ1v) is 6.54. The van der Waals surface area contributed by atoms with Crippen molar-refractivity contribution < 1.29 is 8.42 Å². The van der Waals surface area contributed by atoms with Crippen LogP contribution in [0.15, 0.2) is 22.7 Å². The predicted molar refractivity (Wildman–Crippen MR) is 64.8 cm³/mol. The summed E-state index contributed by atoms with van der Waals surface area (Å²) in [6.07, 6.45) is 0. The van der Waals surface area contributed by atoms with Crippen LogP contribution in [0.3, 0.4) is 0 Å². The molecule has 0 aliphatic heterocycles. The molecule has 0 aliphatic carbocycles. The van der Waals surface area contributed by atoms with E-state index in [1.807, 2.05) is 0 Å². The molecule has 4 N–H and O–H groups in total. The number of hydrogen-bond acceptors (Lipinski definition) is 3. The van der Waals surface area contributed by atoms with Gasteiger partial charge in [-0.3, -0.25) is 4.72 Å². The summed E-state index contributed by atoms with van der Waals surface area (Å²) in [6, 6.07) is 4.84. The Balaban J connectivity index is 2.90. The molecule has 0 aliphatic rings. The van der Waals surface area contributed by atoms with E-state index in [4.69, 9.17) is 5.73 Å². The van der Waals surface area contributed by atoms with Gasteiger partial charge in [-0.15, -0.1) is 0 Å². The SMILES string of the molecule is CCNS(=O)(=O)Nc1ccc(N)cc1Br. The maximum Gasteiger partial charge on any atom is 0.299 e. The van der Waals surface area contributed by atoms with E-state index in [2.05, 4.69) is 25.4 Å². The van der Waals surface area contributed by atoms with E-state index in [9.17, 15) is 8.42 Å². The van der Waals surface area contributed by atoms with Gasteiger partial charge in [0.05, 0.1) is 5.69 Å². The van der Waals surface area contributed by atoms with Crippen LogP contribution in [-0.4, -0.2) is 15.0 Å². The van der Waals surface area contributed by atoms with Gasteiger partial charge in [0.2, 0.25) is 0 Å². The molecule has 0 saturated carbocycles. The Hall–Kier alpha value is -0.790. The Kier molecular flexibility index (Phi) is 3.95. The lowest BCUT2D eigenvalue weighted by Crippen LogP contribution is -2.29. The summed E-state index contributed by atoms with van der Waals surface area (Å²) in [5, 5.41) is 0. The van der Waals surface area contributed by atoms with Gasteiger partial charge >= 0.3 is 0 Å². The molecule has 84 valence electrons. The van der Waals surface area contributed by atoms with Crippen molar-refractivity contribution in [1.29, 1.82) is 0 Å². The third-order valence-corrected chi connectivity index (χ3v) is 3.39. The summed E-state index contributed by atoms with van der Waals surface area (Å²) in [6.45, 7) is 2.04. The van der Waals surface area contributed by atoms with Crippen LogP contribution in [0.25, 0.3) is 0 Å². The van der Waals surface area contributed by atoms with Crippen molar-refractivity contribution >= 4 is 37.5 Å². The third kappa shape index (κ3) is 3.69. The molecule has 7 heteroatoms. The van der Waals surface area contributed by atoms with E-state index in [0.717, 1.165) is 0 Å². The molecule has 0 fully saturated rings. The average molecular weight is 294 g/mol. The highest BCUT2D eigenvalue weighted by molar-refractivity contribution is 9.10. The molecular formula is C8H12BrN3O2S. The maximum absolute atomic E-state index is 11.4. The van der Waals surface area contributed by atoms with Gasteiger partial charge in [-0.2, -0.15) is 13.1 Å². The number of nitrogens with one attached hydrogen (secondary N) is 2. The Labute approximate surface area is 97.4 Å². The van der Waals surface area contributed by atoms with Crippen molar-refractivity contribution in [1.82, 2.24) is 4.72 Å². The first-order chi connectivity index (χ1) is 6.94. The lowest BCUT2D eigenvalue weighted by Gasteiger charge is -2.09. The minimum atomic E-state index is -3.49. The fraction of sp³-hybridized carbons (Fsp3) is 0.250. The van der Waals surface area contributed by atoms with E-state index < -0.39 is 10.2 Å². The molecule has 5 nitrogen and oxygen atoms in total. The average Bonchev–Trinajstić information content (AvgIpc) is 2.09. The molecular weight excluding hydrogens is 282 g/mol. The highest BCUT2D eigenvalue weighted by atomic mass is 79.9. The van der Waals surface area contributed by atoms with Gasteiger partial charge in [0.15, 0.2) is 0 Å². The summed E-state index contributed by atoms with van der Waals surface area (Å²) < 4.78 is 28.0. The lowest BCUT2D eigenvalue weighted by atomic mass is 10.3. The molecule has 0 atom stereocenters. The van der Waals surface area contributed by atoms with Gasteiger partial charge in [0, 0.05) is 16.7 Å². The minimum absolute atomic E-state index is 0.335. The largest absolute Gasteiger partial charge is 0.399 e. The number of halogens is 1. The fourth-order valence-electron chi connectivity index (χ4n) is 0.985. The van der Waals surface area contributed by atoms with Gasteiger partial charge in [-0.05, 0) is 34.1 Å². The van der Waals surface area contributed by atoms with E-state index in [0.29, 0.717) is 22.4 Å². The quantitative estimate of drug-likeness (QED) is 0.732. The molecule has 0 radical (unpaired) electrons. The zero-order valence-electron chi connectivity index (χ0n) is 8.12. The van der Waals surface area contributed by atoms with Crippen molar-refractivity contribution in [2.75, 3.05) is 17.0 Å². The molecule has 0 amide bonds. The Morgan fingerprint density at radius 2 is 2.13 bits per heavy atom. The van der Waals surface area contributed by atoms with E-state index in [-0.39, 0.29) is 0 Å². The van der Waals surface area contributed by atoms with Gasteiger partial charge in [0.25, 0.3) is 10.2 Å². The molecule has 15 heavy (non-hydrogen) atoms. The smallest absolute Gasteiger partial charge is 0.299 e. The molecule has 1 aromatic rings. The van der Waals surface area contributed by atoms with Crippen LogP contribution in [0.1, 0.15) is 6.92 Å². The first-order valence-electron chi connectivity index (χ1n) is 4.27. The summed E-state index contributed by atoms with van der Waals surface area (Å²) in [5.74, 6) is 0. The topological polar surface area (TPSA) is 84.2 Å². The van der Waals surface area contributed by atoms with Crippen LogP contribution in [0.4, 0.5) is 11.4 Å². The highest BCUT2D eigenvalue weighted by Gasteiger charge is 2.09. The number of nitrogen functional groups attached to an aromatic ring is 1. The minimum Gasteiger partial charge on any atom is -0.399 e. The molecule has 0 heterocycles. The van der Waals surface area contributed by atoms with Crippen LogP contribution in [-0.2, 0) is 10.2 Å². The Morgan fingerprint density at radius 1 is 1.47 bits per heavy atom. The third-order valence-electron chi connectivity index (χ3n) is 1.57. The number of benzene rings is 1. The van der Waals surface area contributed by atoms with Crippen LogP contribution >= 0.6 is 15.9 Å². The molecule has 1 rings (SSSR count). The van der Waals surface area contributed by atoms with E-state index >= 15 is 0 Å². The molecule has 0 bridgehead atoms. The number of hydrogen-bond donors (Lipinski definition) is 3. The summed E-state index contributed by atoms with van der Waals surface area (Å²) in [4.78, 5) is 0. The van der Waals surface area contributed by atoms with Crippen LogP contribution in [0.2, 0.25) is 0 Å². The van der Waals surface area contributed by atoms with E-state index in [1.165, 1.54) is 0 Å². The maximum atomic E-state index is 11.4. The number of nitrogens with two attached hydrogens (primary N) is 1. The van der Waals surface area contributed by atoms with Gasteiger partial charge in [-0.1, -0.05) is 6.92 Å². The number of anilines is 2. The second-order valence-electron chi connectivity index (χ2n) is 2.84. The fourth-order valence-corrected chi connectivity index (χ4v) is 2.53. The van der Waals surface area contributed by atoms with Crippen molar-refractivity contribution in [3.8, 4) is 0 Å². The highest BCUT2D eigenvalue weighted by Crippen LogP contribution is 2.25. The summed E-state index contributed by atoms with van der Waals surface area (Å²) in [5.41, 5.74) is 6.54. The second kappa shape index (κ2) is 4.82. The first kappa shape index (κ1) is 12.3. The van der Waals surface area contributed by atoms with Crippen molar-refractivity contribution in [2.45, 2.75) is 6.92 Å². The molecule has 0 unspecified atom stereocenters. The predicted octanol–water partition coefficient (Wildman–Crippen LogP) is 1.30. The monoisotopic (exact) mass is 293 g/mol. The molecule has 1 aromatic carbocycles. The zero-order chi connectivity index (χ0) is 11.5. The van der Waals surface area contributed by atoms with Gasteiger partial charge < -0.3 is 5.73 Å². The summed E-state index contributed by atoms with van der Waals surface area (Å²) >= 11 is 3.22. The lowest BCUT2D eigenvalue weighted by molar-refractivity contribution is 0.589. The second-order valence-corrected chi connectivity index (χ2v) is 5.20. The Bertz CT molecular complexity index is 447.